The zero-order valence-electron chi connectivity index (χ0n) is 17.5. The number of aromatic carboxylic acids is 2. The summed E-state index contributed by atoms with van der Waals surface area (Å²) in [6, 6.07) is 9.28. The fraction of sp³-hybridized carbons (Fsp3) is 0. The van der Waals surface area contributed by atoms with Gasteiger partial charge in [0.25, 0.3) is 0 Å². The molecule has 1 aliphatic heterocycles. The Bertz CT molecular complexity index is 1830. The summed E-state index contributed by atoms with van der Waals surface area (Å²) < 4.78 is 21.1. The smallest absolute Gasteiger partial charge is 0.337 e. The third-order valence-electron chi connectivity index (χ3n) is 5.76. The summed E-state index contributed by atoms with van der Waals surface area (Å²) in [5.74, 6) is -5.22. The number of halogens is 4. The van der Waals surface area contributed by atoms with Crippen LogP contribution in [0.5, 0.6) is 5.75 Å². The molecule has 0 radical (unpaired) electrons. The summed E-state index contributed by atoms with van der Waals surface area (Å²) in [7, 11) is 0. The van der Waals surface area contributed by atoms with E-state index in [9.17, 15) is 29.7 Å². The van der Waals surface area contributed by atoms with Crippen molar-refractivity contribution >= 4 is 68.5 Å². The van der Waals surface area contributed by atoms with Crippen molar-refractivity contribution in [1.29, 1.82) is 0 Å². The number of hydrogen-bond acceptors (Lipinski definition) is 5. The molecule has 3 aromatic carbocycles. The zero-order chi connectivity index (χ0) is 26.0. The number of phenols is 1. The maximum absolute atomic E-state index is 15.4. The fourth-order valence-electron chi connectivity index (χ4n) is 4.26. The highest BCUT2D eigenvalue weighted by atomic mass is 35.5. The number of rotatable bonds is 3. The van der Waals surface area contributed by atoms with Gasteiger partial charge in [0.15, 0.2) is 11.3 Å². The molecular formula is C25H10Cl3FO7. The minimum atomic E-state index is -1.61. The van der Waals surface area contributed by atoms with Gasteiger partial charge in [-0.25, -0.2) is 9.59 Å². The average molecular weight is 548 g/mol. The molecule has 2 aliphatic rings. The summed E-state index contributed by atoms with van der Waals surface area (Å²) >= 11 is 18.8. The first-order valence-electron chi connectivity index (χ1n) is 10.0. The molecule has 3 N–H and O–H groups in total. The summed E-state index contributed by atoms with van der Waals surface area (Å²) in [5.41, 5.74) is -2.61. The molecule has 36 heavy (non-hydrogen) atoms. The van der Waals surface area contributed by atoms with E-state index < -0.39 is 50.7 Å². The van der Waals surface area contributed by atoms with Gasteiger partial charge in [0, 0.05) is 33.5 Å². The van der Waals surface area contributed by atoms with Crippen molar-refractivity contribution < 1.29 is 33.7 Å². The highest BCUT2D eigenvalue weighted by Crippen LogP contribution is 2.50. The molecule has 0 amide bonds. The SMILES string of the molecule is O=C(O)c1cc(Cl)c(-c2c3cc(Cl)c(=O)cc-3oc3c(F)c(O)c4ccccc4c23)c(C(=O)O)c1Cl. The van der Waals surface area contributed by atoms with Crippen molar-refractivity contribution in [1.82, 2.24) is 0 Å². The largest absolute Gasteiger partial charge is 0.504 e. The van der Waals surface area contributed by atoms with Crippen molar-refractivity contribution in [2.45, 2.75) is 0 Å². The summed E-state index contributed by atoms with van der Waals surface area (Å²) in [4.78, 5) is 36.3. The van der Waals surface area contributed by atoms with E-state index in [-0.39, 0.29) is 48.7 Å². The van der Waals surface area contributed by atoms with Gasteiger partial charge in [0.05, 0.1) is 26.2 Å². The number of aromatic hydroxyl groups is 1. The first-order chi connectivity index (χ1) is 17.0. The summed E-state index contributed by atoms with van der Waals surface area (Å²) in [6.45, 7) is 0. The molecule has 0 spiro atoms. The molecule has 1 heterocycles. The predicted octanol–water partition coefficient (Wildman–Crippen LogP) is 6.92. The van der Waals surface area contributed by atoms with Crippen LogP contribution < -0.4 is 5.43 Å². The van der Waals surface area contributed by atoms with Gasteiger partial charge in [-0.2, -0.15) is 4.39 Å². The van der Waals surface area contributed by atoms with Crippen LogP contribution in [0.2, 0.25) is 15.1 Å². The Morgan fingerprint density at radius 2 is 1.56 bits per heavy atom. The third kappa shape index (κ3) is 3.37. The average Bonchev–Trinajstić information content (AvgIpc) is 2.83. The minimum Gasteiger partial charge on any atom is -0.504 e. The number of carboxylic acid groups (broad SMARTS) is 2. The Hall–Kier alpha value is -3.85. The van der Waals surface area contributed by atoms with E-state index in [1.165, 1.54) is 18.2 Å². The minimum absolute atomic E-state index is 0.00772. The second-order valence-electron chi connectivity index (χ2n) is 7.75. The highest BCUT2D eigenvalue weighted by Gasteiger charge is 2.31. The standard InChI is InChI=1S/C25H10Cl3FO7/c26-12-5-10-15(7-14(12)30)36-23-17(8-3-1-2-4-9(8)22(31)21(23)29)16(10)18-13(27)6-11(24(32)33)20(28)19(18)25(34)35/h1-7,31H,(H,32,33)(H,34,35). The zero-order valence-corrected chi connectivity index (χ0v) is 19.8. The molecule has 0 atom stereocenters. The third-order valence-corrected chi connectivity index (χ3v) is 6.75. The monoisotopic (exact) mass is 546 g/mol. The van der Waals surface area contributed by atoms with E-state index >= 15 is 4.39 Å². The molecule has 180 valence electrons. The lowest BCUT2D eigenvalue weighted by Gasteiger charge is -2.21. The Morgan fingerprint density at radius 1 is 0.889 bits per heavy atom. The van der Waals surface area contributed by atoms with Crippen LogP contribution in [0.1, 0.15) is 20.7 Å². The molecule has 0 saturated carbocycles. The number of phenolic OH excluding ortho intramolecular Hbond substituents is 1. The van der Waals surface area contributed by atoms with Crippen molar-refractivity contribution in [3.63, 3.8) is 0 Å². The van der Waals surface area contributed by atoms with Crippen molar-refractivity contribution in [2.24, 2.45) is 0 Å². The Morgan fingerprint density at radius 3 is 2.19 bits per heavy atom. The van der Waals surface area contributed by atoms with Gasteiger partial charge in [-0.1, -0.05) is 59.1 Å². The van der Waals surface area contributed by atoms with E-state index in [0.717, 1.165) is 12.1 Å². The van der Waals surface area contributed by atoms with Gasteiger partial charge in [-0.05, 0) is 17.5 Å². The van der Waals surface area contributed by atoms with Crippen molar-refractivity contribution in [3.8, 4) is 28.2 Å². The van der Waals surface area contributed by atoms with E-state index in [4.69, 9.17) is 39.2 Å². The summed E-state index contributed by atoms with van der Waals surface area (Å²) in [6.07, 6.45) is 0. The number of carboxylic acids is 2. The van der Waals surface area contributed by atoms with Crippen LogP contribution in [0.3, 0.4) is 0 Å². The molecule has 3 aromatic rings. The maximum atomic E-state index is 15.4. The molecule has 5 rings (SSSR count). The molecule has 0 saturated heterocycles. The molecule has 7 nitrogen and oxygen atoms in total. The van der Waals surface area contributed by atoms with Crippen LogP contribution in [0.4, 0.5) is 4.39 Å². The molecule has 0 fully saturated rings. The summed E-state index contributed by atoms with van der Waals surface area (Å²) in [5, 5.41) is 29.2. The quantitative estimate of drug-likeness (QED) is 0.165. The first kappa shape index (κ1) is 23.9. The fourth-order valence-corrected chi connectivity index (χ4v) is 5.03. The van der Waals surface area contributed by atoms with Crippen LogP contribution in [-0.2, 0) is 0 Å². The van der Waals surface area contributed by atoms with Gasteiger partial charge in [0.2, 0.25) is 11.2 Å². The number of hydrogen-bond donors (Lipinski definition) is 3. The predicted molar refractivity (Wildman–Crippen MR) is 133 cm³/mol. The lowest BCUT2D eigenvalue weighted by atomic mass is 9.87. The normalized spacial score (nSPS) is 11.4. The number of carbonyl (C=O) groups is 2. The molecule has 11 heteroatoms. The van der Waals surface area contributed by atoms with E-state index in [1.54, 1.807) is 12.1 Å². The Balaban J connectivity index is 2.17. The van der Waals surface area contributed by atoms with Crippen LogP contribution in [0, 0.1) is 5.82 Å². The molecule has 0 unspecified atom stereocenters. The second-order valence-corrected chi connectivity index (χ2v) is 8.94. The van der Waals surface area contributed by atoms with Gasteiger partial charge < -0.3 is 19.7 Å². The van der Waals surface area contributed by atoms with Crippen LogP contribution in [0.15, 0.2) is 51.7 Å². The second kappa shape index (κ2) is 8.37. The van der Waals surface area contributed by atoms with Crippen molar-refractivity contribution in [3.05, 3.63) is 84.7 Å². The van der Waals surface area contributed by atoms with E-state index in [2.05, 4.69) is 0 Å². The van der Waals surface area contributed by atoms with Gasteiger partial charge in [0.1, 0.15) is 5.76 Å². The van der Waals surface area contributed by atoms with Crippen molar-refractivity contribution in [2.75, 3.05) is 0 Å². The van der Waals surface area contributed by atoms with E-state index in [0.29, 0.717) is 0 Å². The van der Waals surface area contributed by atoms with Gasteiger partial charge in [-0.15, -0.1) is 0 Å². The van der Waals surface area contributed by atoms with Gasteiger partial charge in [-0.3, -0.25) is 4.79 Å². The van der Waals surface area contributed by atoms with Crippen LogP contribution in [-0.4, -0.2) is 27.3 Å². The Labute approximate surface area is 214 Å². The lowest BCUT2D eigenvalue weighted by Crippen LogP contribution is -2.09. The van der Waals surface area contributed by atoms with Crippen LogP contribution in [0.25, 0.3) is 44.2 Å². The highest BCUT2D eigenvalue weighted by molar-refractivity contribution is 6.41. The lowest BCUT2D eigenvalue weighted by molar-refractivity contribution is 0.0696. The van der Waals surface area contributed by atoms with E-state index in [1.807, 2.05) is 0 Å². The van der Waals surface area contributed by atoms with Gasteiger partial charge >= 0.3 is 11.9 Å². The molecular weight excluding hydrogens is 538 g/mol. The Kier molecular flexibility index (Phi) is 5.55. The number of fused-ring (bicyclic) bond motifs is 4. The number of benzene rings is 4. The molecule has 1 aliphatic carbocycles. The topological polar surface area (TPSA) is 125 Å². The van der Waals surface area contributed by atoms with Crippen LogP contribution >= 0.6 is 34.8 Å². The first-order valence-corrected chi connectivity index (χ1v) is 11.1. The maximum Gasteiger partial charge on any atom is 0.337 e. The molecule has 0 bridgehead atoms. The molecule has 0 aromatic heterocycles.